The van der Waals surface area contributed by atoms with Gasteiger partial charge in [-0.05, 0) is 30.5 Å². The molecular weight excluding hydrogens is 330 g/mol. The van der Waals surface area contributed by atoms with E-state index in [1.54, 1.807) is 17.0 Å². The summed E-state index contributed by atoms with van der Waals surface area (Å²) in [5.41, 5.74) is 0.783. The average molecular weight is 347 g/mol. The van der Waals surface area contributed by atoms with Crippen LogP contribution in [0.25, 0.3) is 0 Å². The van der Waals surface area contributed by atoms with Crippen LogP contribution in [0.3, 0.4) is 0 Å². The number of anilines is 1. The van der Waals surface area contributed by atoms with Crippen LogP contribution in [0.4, 0.5) is 5.69 Å². The van der Waals surface area contributed by atoms with Gasteiger partial charge < -0.3 is 9.64 Å². The minimum absolute atomic E-state index is 0.00294. The van der Waals surface area contributed by atoms with Gasteiger partial charge in [0.1, 0.15) is 5.75 Å². The van der Waals surface area contributed by atoms with Gasteiger partial charge in [0.25, 0.3) is 5.91 Å². The SMILES string of the molecule is CCCC(CBr)CN1C(=O)COc2ccc(Cl)cc21. The second kappa shape index (κ2) is 6.62. The molecule has 0 radical (unpaired) electrons. The van der Waals surface area contributed by atoms with E-state index in [0.717, 1.165) is 29.6 Å². The van der Waals surface area contributed by atoms with Crippen molar-refractivity contribution in [3.05, 3.63) is 23.2 Å². The van der Waals surface area contributed by atoms with Crippen LogP contribution in [0, 0.1) is 5.92 Å². The summed E-state index contributed by atoms with van der Waals surface area (Å²) in [6.45, 7) is 2.96. The minimum atomic E-state index is -0.00294. The van der Waals surface area contributed by atoms with Crippen LogP contribution in [0.5, 0.6) is 5.75 Å². The van der Waals surface area contributed by atoms with E-state index >= 15 is 0 Å². The lowest BCUT2D eigenvalue weighted by Crippen LogP contribution is -2.42. The van der Waals surface area contributed by atoms with E-state index in [1.165, 1.54) is 0 Å². The third-order valence-corrected chi connectivity index (χ3v) is 4.37. The van der Waals surface area contributed by atoms with Gasteiger partial charge in [0.2, 0.25) is 0 Å². The molecule has 1 aromatic carbocycles. The lowest BCUT2D eigenvalue weighted by atomic mass is 10.0. The van der Waals surface area contributed by atoms with Crippen molar-refractivity contribution in [1.29, 1.82) is 0 Å². The maximum Gasteiger partial charge on any atom is 0.265 e. The zero-order valence-corrected chi connectivity index (χ0v) is 13.2. The number of alkyl halides is 1. The first-order chi connectivity index (χ1) is 9.15. The summed E-state index contributed by atoms with van der Waals surface area (Å²) >= 11 is 9.54. The predicted octanol–water partition coefficient (Wildman–Crippen LogP) is 3.88. The predicted molar refractivity (Wildman–Crippen MR) is 81.5 cm³/mol. The zero-order chi connectivity index (χ0) is 13.8. The number of fused-ring (bicyclic) bond motifs is 1. The monoisotopic (exact) mass is 345 g/mol. The van der Waals surface area contributed by atoms with Gasteiger partial charge in [-0.15, -0.1) is 0 Å². The second-order valence-corrected chi connectivity index (χ2v) is 5.80. The van der Waals surface area contributed by atoms with Crippen molar-refractivity contribution in [3.8, 4) is 5.75 Å². The van der Waals surface area contributed by atoms with Crippen molar-refractivity contribution in [2.24, 2.45) is 5.92 Å². The van der Waals surface area contributed by atoms with Gasteiger partial charge >= 0.3 is 0 Å². The first kappa shape index (κ1) is 14.7. The highest BCUT2D eigenvalue weighted by atomic mass is 79.9. The molecule has 1 atom stereocenters. The minimum Gasteiger partial charge on any atom is -0.482 e. The number of hydrogen-bond donors (Lipinski definition) is 0. The average Bonchev–Trinajstić information content (AvgIpc) is 2.41. The highest BCUT2D eigenvalue weighted by molar-refractivity contribution is 9.09. The molecule has 0 fully saturated rings. The molecule has 0 aliphatic carbocycles. The second-order valence-electron chi connectivity index (χ2n) is 4.71. The van der Waals surface area contributed by atoms with Gasteiger partial charge in [0, 0.05) is 16.9 Å². The first-order valence-electron chi connectivity index (χ1n) is 6.44. The number of rotatable bonds is 5. The lowest BCUT2D eigenvalue weighted by Gasteiger charge is -2.32. The summed E-state index contributed by atoms with van der Waals surface area (Å²) in [5, 5.41) is 1.51. The number of amides is 1. The Morgan fingerprint density at radius 3 is 3.00 bits per heavy atom. The van der Waals surface area contributed by atoms with Crippen molar-refractivity contribution >= 4 is 39.1 Å². The van der Waals surface area contributed by atoms with E-state index in [0.29, 0.717) is 17.5 Å². The normalized spacial score (nSPS) is 15.9. The quantitative estimate of drug-likeness (QED) is 0.757. The molecule has 19 heavy (non-hydrogen) atoms. The Labute approximate surface area is 127 Å². The van der Waals surface area contributed by atoms with Crippen molar-refractivity contribution in [2.45, 2.75) is 19.8 Å². The Balaban J connectivity index is 2.24. The van der Waals surface area contributed by atoms with E-state index in [9.17, 15) is 4.79 Å². The Kier molecular flexibility index (Phi) is 5.11. The van der Waals surface area contributed by atoms with Crippen molar-refractivity contribution in [2.75, 3.05) is 23.4 Å². The molecule has 1 aliphatic heterocycles. The summed E-state index contributed by atoms with van der Waals surface area (Å²) < 4.78 is 5.43. The fourth-order valence-corrected chi connectivity index (χ4v) is 2.95. The molecule has 5 heteroatoms. The van der Waals surface area contributed by atoms with Gasteiger partial charge in [0.15, 0.2) is 6.61 Å². The highest BCUT2D eigenvalue weighted by Crippen LogP contribution is 2.35. The standard InChI is InChI=1S/C14H17BrClNO2/c1-2-3-10(7-15)8-17-12-6-11(16)4-5-13(12)19-9-14(17)18/h4-6,10H,2-3,7-9H2,1H3. The number of ether oxygens (including phenoxy) is 1. The van der Waals surface area contributed by atoms with Gasteiger partial charge in [-0.2, -0.15) is 0 Å². The molecule has 0 bridgehead atoms. The molecule has 0 spiro atoms. The van der Waals surface area contributed by atoms with E-state index in [4.69, 9.17) is 16.3 Å². The number of halogens is 2. The number of carbonyl (C=O) groups is 1. The molecule has 1 heterocycles. The summed E-state index contributed by atoms with van der Waals surface area (Å²) in [6.07, 6.45) is 2.20. The van der Waals surface area contributed by atoms with E-state index in [-0.39, 0.29) is 12.5 Å². The molecule has 0 saturated carbocycles. The van der Waals surface area contributed by atoms with Crippen LogP contribution in [-0.4, -0.2) is 24.4 Å². The summed E-state index contributed by atoms with van der Waals surface area (Å²) in [5.74, 6) is 1.17. The maximum atomic E-state index is 12.1. The molecule has 0 N–H and O–H groups in total. The van der Waals surface area contributed by atoms with Crippen LogP contribution in [0.2, 0.25) is 5.02 Å². The summed E-state index contributed by atoms with van der Waals surface area (Å²) in [6, 6.07) is 5.40. The van der Waals surface area contributed by atoms with Crippen molar-refractivity contribution in [3.63, 3.8) is 0 Å². The molecule has 0 saturated heterocycles. The Bertz CT molecular complexity index is 467. The van der Waals surface area contributed by atoms with Crippen LogP contribution < -0.4 is 9.64 Å². The van der Waals surface area contributed by atoms with Gasteiger partial charge in [0.05, 0.1) is 5.69 Å². The first-order valence-corrected chi connectivity index (χ1v) is 7.94. The topological polar surface area (TPSA) is 29.5 Å². The number of benzene rings is 1. The van der Waals surface area contributed by atoms with E-state index in [1.807, 2.05) is 6.07 Å². The van der Waals surface area contributed by atoms with E-state index < -0.39 is 0 Å². The molecule has 2 rings (SSSR count). The Morgan fingerprint density at radius 1 is 1.53 bits per heavy atom. The lowest BCUT2D eigenvalue weighted by molar-refractivity contribution is -0.121. The number of nitrogens with zero attached hydrogens (tertiary/aromatic N) is 1. The maximum absolute atomic E-state index is 12.1. The van der Waals surface area contributed by atoms with Gasteiger partial charge in [-0.1, -0.05) is 40.9 Å². The van der Waals surface area contributed by atoms with Crippen LogP contribution in [-0.2, 0) is 4.79 Å². The van der Waals surface area contributed by atoms with Crippen molar-refractivity contribution in [1.82, 2.24) is 0 Å². The van der Waals surface area contributed by atoms with Crippen molar-refractivity contribution < 1.29 is 9.53 Å². The molecule has 104 valence electrons. The van der Waals surface area contributed by atoms with Gasteiger partial charge in [-0.25, -0.2) is 0 Å². The highest BCUT2D eigenvalue weighted by Gasteiger charge is 2.27. The Morgan fingerprint density at radius 2 is 2.32 bits per heavy atom. The fourth-order valence-electron chi connectivity index (χ4n) is 2.26. The number of carbonyl (C=O) groups excluding carboxylic acids is 1. The van der Waals surface area contributed by atoms with Crippen LogP contribution in [0.15, 0.2) is 18.2 Å². The molecule has 1 unspecified atom stereocenters. The molecule has 1 amide bonds. The van der Waals surface area contributed by atoms with E-state index in [2.05, 4.69) is 22.9 Å². The third kappa shape index (κ3) is 3.42. The molecule has 1 aliphatic rings. The fraction of sp³-hybridized carbons (Fsp3) is 0.500. The molecular formula is C14H17BrClNO2. The summed E-state index contributed by atoms with van der Waals surface area (Å²) in [7, 11) is 0. The molecule has 1 aromatic rings. The summed E-state index contributed by atoms with van der Waals surface area (Å²) in [4.78, 5) is 13.9. The Hall–Kier alpha value is -0.740. The van der Waals surface area contributed by atoms with Crippen LogP contribution in [0.1, 0.15) is 19.8 Å². The zero-order valence-electron chi connectivity index (χ0n) is 10.9. The largest absolute Gasteiger partial charge is 0.482 e. The molecule has 0 aromatic heterocycles. The van der Waals surface area contributed by atoms with Crippen LogP contribution >= 0.6 is 27.5 Å². The molecule has 3 nitrogen and oxygen atoms in total. The number of hydrogen-bond acceptors (Lipinski definition) is 2. The third-order valence-electron chi connectivity index (χ3n) is 3.22. The van der Waals surface area contributed by atoms with Gasteiger partial charge in [-0.3, -0.25) is 4.79 Å². The smallest absolute Gasteiger partial charge is 0.265 e.